The number of aryl methyl sites for hydroxylation is 1. The van der Waals surface area contributed by atoms with E-state index in [0.717, 1.165) is 63.8 Å². The van der Waals surface area contributed by atoms with Crippen molar-refractivity contribution < 1.29 is 9.90 Å². The number of hydrogen-bond donors (Lipinski definition) is 2. The lowest BCUT2D eigenvalue weighted by Gasteiger charge is -2.42. The van der Waals surface area contributed by atoms with Gasteiger partial charge in [0.05, 0.1) is 12.5 Å². The number of carbonyl (C=O) groups is 1. The van der Waals surface area contributed by atoms with Crippen LogP contribution in [0, 0.1) is 5.92 Å². The molecule has 158 valence electrons. The van der Waals surface area contributed by atoms with E-state index in [4.69, 9.17) is 0 Å². The van der Waals surface area contributed by atoms with Crippen LogP contribution < -0.4 is 5.32 Å². The lowest BCUT2D eigenvalue weighted by Crippen LogP contribution is -2.49. The molecule has 2 N–H and O–H groups in total. The van der Waals surface area contributed by atoms with Gasteiger partial charge in [-0.15, -0.1) is 0 Å². The summed E-state index contributed by atoms with van der Waals surface area (Å²) in [6, 6.07) is 17.1. The van der Waals surface area contributed by atoms with Crippen LogP contribution in [0.15, 0.2) is 48.5 Å². The molecule has 2 saturated heterocycles. The zero-order valence-electron chi connectivity index (χ0n) is 17.6. The second-order valence-corrected chi connectivity index (χ2v) is 9.35. The number of carbonyl (C=O) groups excluding carboxylic acids is 1. The molecule has 1 amide bonds. The molecule has 0 bridgehead atoms. The standard InChI is InChI=1S/C26H32N2O2/c29-17-19-8-9-23-22(15-19)7-4-12-26(23)18-27-16-24(26)25(30)28-13-10-21(11-14-28)20-5-2-1-3-6-20/h1-3,5-6,8-9,15,21,24,27,29H,4,7,10-14,16-18H2/t24-,26-/m0/s1. The van der Waals surface area contributed by atoms with E-state index in [1.54, 1.807) is 0 Å². The average molecular weight is 405 g/mol. The summed E-state index contributed by atoms with van der Waals surface area (Å²) in [6.07, 6.45) is 5.35. The molecule has 0 unspecified atom stereocenters. The number of rotatable bonds is 3. The third kappa shape index (κ3) is 3.36. The number of nitrogens with zero attached hydrogens (tertiary/aromatic N) is 1. The largest absolute Gasteiger partial charge is 0.392 e. The van der Waals surface area contributed by atoms with Gasteiger partial charge < -0.3 is 15.3 Å². The first-order valence-corrected chi connectivity index (χ1v) is 11.5. The summed E-state index contributed by atoms with van der Waals surface area (Å²) >= 11 is 0. The number of aliphatic hydroxyl groups is 1. The predicted molar refractivity (Wildman–Crippen MR) is 118 cm³/mol. The summed E-state index contributed by atoms with van der Waals surface area (Å²) < 4.78 is 0. The van der Waals surface area contributed by atoms with Gasteiger partial charge in [-0.25, -0.2) is 0 Å². The summed E-state index contributed by atoms with van der Waals surface area (Å²) in [4.78, 5) is 15.8. The Morgan fingerprint density at radius 1 is 1.13 bits per heavy atom. The molecule has 30 heavy (non-hydrogen) atoms. The fourth-order valence-corrected chi connectivity index (χ4v) is 6.17. The molecule has 5 rings (SSSR count). The van der Waals surface area contributed by atoms with E-state index in [2.05, 4.69) is 52.7 Å². The number of aliphatic hydroxyl groups excluding tert-OH is 1. The Bertz CT molecular complexity index is 905. The predicted octanol–water partition coefficient (Wildman–Crippen LogP) is 3.38. The molecular formula is C26H32N2O2. The van der Waals surface area contributed by atoms with Gasteiger partial charge in [-0.3, -0.25) is 4.79 Å². The SMILES string of the molecule is O=C([C@@H]1CNC[C@]12CCCc1cc(CO)ccc12)N1CCC(c2ccccc2)CC1. The van der Waals surface area contributed by atoms with Crippen molar-refractivity contribution in [2.75, 3.05) is 26.2 Å². The molecule has 2 heterocycles. The summed E-state index contributed by atoms with van der Waals surface area (Å²) in [6.45, 7) is 3.47. The Morgan fingerprint density at radius 3 is 2.70 bits per heavy atom. The zero-order chi connectivity index (χ0) is 20.6. The van der Waals surface area contributed by atoms with Gasteiger partial charge in [0.1, 0.15) is 0 Å². The summed E-state index contributed by atoms with van der Waals surface area (Å²) in [5.74, 6) is 0.925. The zero-order valence-corrected chi connectivity index (χ0v) is 17.6. The first kappa shape index (κ1) is 19.8. The van der Waals surface area contributed by atoms with Crippen LogP contribution in [0.3, 0.4) is 0 Å². The Hall–Kier alpha value is -2.17. The van der Waals surface area contributed by atoms with Crippen molar-refractivity contribution in [1.29, 1.82) is 0 Å². The van der Waals surface area contributed by atoms with Gasteiger partial charge >= 0.3 is 0 Å². The maximum atomic E-state index is 13.7. The van der Waals surface area contributed by atoms with Crippen LogP contribution in [0.2, 0.25) is 0 Å². The van der Waals surface area contributed by atoms with Gasteiger partial charge in [0.15, 0.2) is 0 Å². The molecule has 2 aromatic carbocycles. The number of fused-ring (bicyclic) bond motifs is 2. The van der Waals surface area contributed by atoms with Crippen LogP contribution in [-0.4, -0.2) is 42.1 Å². The highest BCUT2D eigenvalue weighted by Crippen LogP contribution is 2.46. The molecule has 0 radical (unpaired) electrons. The van der Waals surface area contributed by atoms with Gasteiger partial charge in [0.2, 0.25) is 5.91 Å². The van der Waals surface area contributed by atoms with E-state index in [1.807, 2.05) is 6.07 Å². The number of piperidine rings is 1. The molecule has 0 aromatic heterocycles. The van der Waals surface area contributed by atoms with Crippen molar-refractivity contribution in [1.82, 2.24) is 10.2 Å². The maximum absolute atomic E-state index is 13.7. The van der Waals surface area contributed by atoms with Crippen molar-refractivity contribution in [3.05, 3.63) is 70.8 Å². The number of hydrogen-bond acceptors (Lipinski definition) is 3. The van der Waals surface area contributed by atoms with Crippen molar-refractivity contribution in [2.45, 2.75) is 50.0 Å². The highest BCUT2D eigenvalue weighted by molar-refractivity contribution is 5.82. The summed E-state index contributed by atoms with van der Waals surface area (Å²) in [5.41, 5.74) is 4.97. The van der Waals surface area contributed by atoms with Gasteiger partial charge in [-0.1, -0.05) is 48.5 Å². The van der Waals surface area contributed by atoms with Crippen LogP contribution in [0.5, 0.6) is 0 Å². The van der Waals surface area contributed by atoms with E-state index in [-0.39, 0.29) is 17.9 Å². The molecule has 1 aliphatic carbocycles. The summed E-state index contributed by atoms with van der Waals surface area (Å²) in [7, 11) is 0. The number of nitrogens with one attached hydrogen (secondary N) is 1. The van der Waals surface area contributed by atoms with Gasteiger partial charge in [-0.05, 0) is 60.3 Å². The highest BCUT2D eigenvalue weighted by atomic mass is 16.3. The first-order chi connectivity index (χ1) is 14.7. The van der Waals surface area contributed by atoms with Crippen LogP contribution in [0.25, 0.3) is 0 Å². The van der Waals surface area contributed by atoms with Crippen molar-refractivity contribution in [3.8, 4) is 0 Å². The van der Waals surface area contributed by atoms with Crippen LogP contribution in [-0.2, 0) is 23.2 Å². The smallest absolute Gasteiger partial charge is 0.227 e. The second-order valence-electron chi connectivity index (χ2n) is 9.35. The fourth-order valence-electron chi connectivity index (χ4n) is 6.17. The number of amides is 1. The van der Waals surface area contributed by atoms with Crippen LogP contribution in [0.4, 0.5) is 0 Å². The monoisotopic (exact) mass is 404 g/mol. The Kier molecular flexibility index (Phi) is 5.38. The van der Waals surface area contributed by atoms with E-state index >= 15 is 0 Å². The maximum Gasteiger partial charge on any atom is 0.227 e. The van der Waals surface area contributed by atoms with E-state index < -0.39 is 0 Å². The Balaban J connectivity index is 1.35. The van der Waals surface area contributed by atoms with E-state index in [9.17, 15) is 9.90 Å². The van der Waals surface area contributed by atoms with Crippen LogP contribution in [0.1, 0.15) is 53.9 Å². The lowest BCUT2D eigenvalue weighted by atomic mass is 9.64. The number of likely N-dealkylation sites (tertiary alicyclic amines) is 1. The Morgan fingerprint density at radius 2 is 1.93 bits per heavy atom. The third-order valence-corrected chi connectivity index (χ3v) is 7.79. The third-order valence-electron chi connectivity index (χ3n) is 7.79. The minimum absolute atomic E-state index is 0.0183. The lowest BCUT2D eigenvalue weighted by molar-refractivity contribution is -0.138. The molecule has 4 nitrogen and oxygen atoms in total. The van der Waals surface area contributed by atoms with Gasteiger partial charge in [-0.2, -0.15) is 0 Å². The van der Waals surface area contributed by atoms with Crippen molar-refractivity contribution >= 4 is 5.91 Å². The highest BCUT2D eigenvalue weighted by Gasteiger charge is 2.51. The van der Waals surface area contributed by atoms with Crippen molar-refractivity contribution in [2.24, 2.45) is 5.92 Å². The quantitative estimate of drug-likeness (QED) is 0.825. The normalized spacial score (nSPS) is 26.7. The first-order valence-electron chi connectivity index (χ1n) is 11.5. The van der Waals surface area contributed by atoms with E-state index in [1.165, 1.54) is 16.7 Å². The molecule has 2 atom stereocenters. The van der Waals surface area contributed by atoms with Crippen LogP contribution >= 0.6 is 0 Å². The fraction of sp³-hybridized carbons (Fsp3) is 0.500. The molecule has 2 aromatic rings. The topological polar surface area (TPSA) is 52.6 Å². The second kappa shape index (κ2) is 8.16. The molecule has 4 heteroatoms. The Labute approximate surface area is 179 Å². The molecular weight excluding hydrogens is 372 g/mol. The van der Waals surface area contributed by atoms with Crippen molar-refractivity contribution in [3.63, 3.8) is 0 Å². The molecule has 2 fully saturated rings. The summed E-state index contributed by atoms with van der Waals surface area (Å²) in [5, 5.41) is 13.1. The van der Waals surface area contributed by atoms with Gasteiger partial charge in [0, 0.05) is 31.6 Å². The average Bonchev–Trinajstić information content (AvgIpc) is 3.23. The molecule has 1 spiro atoms. The molecule has 2 aliphatic heterocycles. The van der Waals surface area contributed by atoms with E-state index in [0.29, 0.717) is 11.8 Å². The molecule has 0 saturated carbocycles. The van der Waals surface area contributed by atoms with Gasteiger partial charge in [0.25, 0.3) is 0 Å². The minimum atomic E-state index is -0.0884. The minimum Gasteiger partial charge on any atom is -0.392 e. The number of benzene rings is 2. The molecule has 3 aliphatic rings.